The van der Waals surface area contributed by atoms with Crippen molar-refractivity contribution in [3.63, 3.8) is 0 Å². The van der Waals surface area contributed by atoms with E-state index >= 15 is 0 Å². The van der Waals surface area contributed by atoms with Crippen LogP contribution in [0.4, 0.5) is 0 Å². The van der Waals surface area contributed by atoms with Gasteiger partial charge < -0.3 is 0 Å². The van der Waals surface area contributed by atoms with Crippen LogP contribution in [0.1, 0.15) is 39.7 Å². The zero-order chi connectivity index (χ0) is 12.8. The number of nitrogens with zero attached hydrogens (tertiary/aromatic N) is 2. The number of H-pyrrole nitrogens is 1. The van der Waals surface area contributed by atoms with E-state index in [-0.39, 0.29) is 11.7 Å². The van der Waals surface area contributed by atoms with Gasteiger partial charge in [-0.2, -0.15) is 0 Å². The lowest BCUT2D eigenvalue weighted by molar-refractivity contribution is 0.531. The Bertz CT molecular complexity index is 388. The summed E-state index contributed by atoms with van der Waals surface area (Å²) in [6.45, 7) is 6.24. The predicted octanol–water partition coefficient (Wildman–Crippen LogP) is 3.06. The molecule has 1 atom stereocenters. The molecular weight excluding hydrogens is 302 g/mol. The summed E-state index contributed by atoms with van der Waals surface area (Å²) in [5, 5.41) is 8.43. The second-order valence-electron chi connectivity index (χ2n) is 4.50. The van der Waals surface area contributed by atoms with Crippen LogP contribution < -0.4 is 5.69 Å². The van der Waals surface area contributed by atoms with Gasteiger partial charge in [0.05, 0.1) is 0 Å². The molecule has 98 valence electrons. The Morgan fingerprint density at radius 2 is 2.12 bits per heavy atom. The smallest absolute Gasteiger partial charge is 0.268 e. The molecule has 0 aliphatic rings. The largest absolute Gasteiger partial charge is 0.344 e. The molecular formula is C11H20BrN3OS. The standard InChI is InChI=1S/C11H20BrN3OS/c1-8(2)15-10(16)13-14-11(15)17-7-5-9(3)4-6-12/h8-9H,4-7H2,1-3H3,(H,13,16). The van der Waals surface area contributed by atoms with E-state index in [2.05, 4.69) is 33.1 Å². The molecule has 0 aliphatic carbocycles. The van der Waals surface area contributed by atoms with Crippen LogP contribution in [-0.2, 0) is 0 Å². The third-order valence-corrected chi connectivity index (χ3v) is 4.08. The van der Waals surface area contributed by atoms with Crippen LogP contribution in [-0.4, -0.2) is 25.8 Å². The van der Waals surface area contributed by atoms with Crippen molar-refractivity contribution in [2.75, 3.05) is 11.1 Å². The highest BCUT2D eigenvalue weighted by molar-refractivity contribution is 9.09. The van der Waals surface area contributed by atoms with Gasteiger partial charge in [0, 0.05) is 17.1 Å². The molecule has 1 heterocycles. The van der Waals surface area contributed by atoms with Crippen LogP contribution in [0.2, 0.25) is 0 Å². The number of hydrogen-bond acceptors (Lipinski definition) is 3. The summed E-state index contributed by atoms with van der Waals surface area (Å²) in [4.78, 5) is 11.5. The summed E-state index contributed by atoms with van der Waals surface area (Å²) in [5.41, 5.74) is -0.115. The lowest BCUT2D eigenvalue weighted by atomic mass is 10.1. The van der Waals surface area contributed by atoms with Crippen molar-refractivity contribution in [1.29, 1.82) is 0 Å². The predicted molar refractivity (Wildman–Crippen MR) is 76.1 cm³/mol. The molecule has 0 fully saturated rings. The minimum Gasteiger partial charge on any atom is -0.268 e. The van der Waals surface area contributed by atoms with Gasteiger partial charge >= 0.3 is 5.69 Å². The van der Waals surface area contributed by atoms with Gasteiger partial charge in [0.15, 0.2) is 5.16 Å². The molecule has 0 aromatic carbocycles. The molecule has 1 unspecified atom stereocenters. The van der Waals surface area contributed by atoms with E-state index in [1.807, 2.05) is 13.8 Å². The molecule has 0 saturated carbocycles. The van der Waals surface area contributed by atoms with Gasteiger partial charge in [0.25, 0.3) is 0 Å². The van der Waals surface area contributed by atoms with Crippen molar-refractivity contribution in [2.45, 2.75) is 44.8 Å². The number of aromatic amines is 1. The Morgan fingerprint density at radius 1 is 1.41 bits per heavy atom. The fourth-order valence-corrected chi connectivity index (χ4v) is 3.56. The molecule has 1 aromatic rings. The SMILES string of the molecule is CC(CCBr)CCSc1n[nH]c(=O)n1C(C)C. The van der Waals surface area contributed by atoms with Crippen molar-refractivity contribution in [3.05, 3.63) is 10.5 Å². The molecule has 17 heavy (non-hydrogen) atoms. The Hall–Kier alpha value is -0.230. The monoisotopic (exact) mass is 321 g/mol. The molecule has 4 nitrogen and oxygen atoms in total. The third kappa shape index (κ3) is 4.50. The van der Waals surface area contributed by atoms with Crippen LogP contribution in [0, 0.1) is 5.92 Å². The molecule has 1 rings (SSSR count). The third-order valence-electron chi connectivity index (χ3n) is 2.63. The fraction of sp³-hybridized carbons (Fsp3) is 0.818. The minimum absolute atomic E-state index is 0.115. The number of nitrogens with one attached hydrogen (secondary N) is 1. The van der Waals surface area contributed by atoms with Crippen LogP contribution in [0.25, 0.3) is 0 Å². The van der Waals surface area contributed by atoms with Crippen molar-refractivity contribution in [1.82, 2.24) is 14.8 Å². The molecule has 0 spiro atoms. The molecule has 1 N–H and O–H groups in total. The molecule has 6 heteroatoms. The van der Waals surface area contributed by atoms with Crippen molar-refractivity contribution >= 4 is 27.7 Å². The Labute approximate surface area is 115 Å². The molecule has 0 saturated heterocycles. The number of thioether (sulfide) groups is 1. The quantitative estimate of drug-likeness (QED) is 0.620. The first-order chi connectivity index (χ1) is 8.06. The number of hydrogen-bond donors (Lipinski definition) is 1. The highest BCUT2D eigenvalue weighted by atomic mass is 79.9. The summed E-state index contributed by atoms with van der Waals surface area (Å²) in [6, 6.07) is 0.156. The van der Waals surface area contributed by atoms with Gasteiger partial charge in [-0.1, -0.05) is 34.6 Å². The highest BCUT2D eigenvalue weighted by Gasteiger charge is 2.12. The first-order valence-electron chi connectivity index (χ1n) is 5.92. The summed E-state index contributed by atoms with van der Waals surface area (Å²) in [6.07, 6.45) is 2.34. The van der Waals surface area contributed by atoms with E-state index in [1.165, 1.54) is 6.42 Å². The number of aromatic nitrogens is 3. The van der Waals surface area contributed by atoms with E-state index in [0.29, 0.717) is 5.92 Å². The molecule has 0 bridgehead atoms. The fourth-order valence-electron chi connectivity index (χ4n) is 1.53. The van der Waals surface area contributed by atoms with Gasteiger partial charge in [0.2, 0.25) is 0 Å². The molecule has 0 amide bonds. The van der Waals surface area contributed by atoms with Crippen LogP contribution in [0.15, 0.2) is 9.95 Å². The lowest BCUT2D eigenvalue weighted by Crippen LogP contribution is -2.19. The summed E-state index contributed by atoms with van der Waals surface area (Å²) in [7, 11) is 0. The number of rotatable bonds is 7. The Kier molecular flexibility index (Phi) is 6.33. The van der Waals surface area contributed by atoms with Crippen LogP contribution in [0.3, 0.4) is 0 Å². The van der Waals surface area contributed by atoms with E-state index in [0.717, 1.165) is 22.7 Å². The minimum atomic E-state index is -0.115. The van der Waals surface area contributed by atoms with Gasteiger partial charge in [-0.05, 0) is 32.6 Å². The highest BCUT2D eigenvalue weighted by Crippen LogP contribution is 2.20. The first-order valence-corrected chi connectivity index (χ1v) is 8.02. The van der Waals surface area contributed by atoms with E-state index in [9.17, 15) is 4.79 Å². The average Bonchev–Trinajstić information content (AvgIpc) is 2.60. The van der Waals surface area contributed by atoms with Gasteiger partial charge in [0.1, 0.15) is 0 Å². The Morgan fingerprint density at radius 3 is 2.71 bits per heavy atom. The van der Waals surface area contributed by atoms with Gasteiger partial charge in [-0.25, -0.2) is 9.89 Å². The van der Waals surface area contributed by atoms with Crippen molar-refractivity contribution in [2.24, 2.45) is 5.92 Å². The maximum Gasteiger partial charge on any atom is 0.344 e. The zero-order valence-corrected chi connectivity index (χ0v) is 13.0. The van der Waals surface area contributed by atoms with Crippen molar-refractivity contribution < 1.29 is 0 Å². The van der Waals surface area contributed by atoms with Gasteiger partial charge in [-0.15, -0.1) is 5.10 Å². The summed E-state index contributed by atoms with van der Waals surface area (Å²) in [5.74, 6) is 1.71. The first kappa shape index (κ1) is 14.8. The van der Waals surface area contributed by atoms with E-state index in [4.69, 9.17) is 0 Å². The topological polar surface area (TPSA) is 50.7 Å². The molecule has 0 radical (unpaired) electrons. The maximum atomic E-state index is 11.5. The molecule has 1 aromatic heterocycles. The lowest BCUT2D eigenvalue weighted by Gasteiger charge is -2.10. The Balaban J connectivity index is 2.50. The van der Waals surface area contributed by atoms with E-state index in [1.54, 1.807) is 16.3 Å². The van der Waals surface area contributed by atoms with E-state index < -0.39 is 0 Å². The second-order valence-corrected chi connectivity index (χ2v) is 6.35. The number of alkyl halides is 1. The van der Waals surface area contributed by atoms with Crippen LogP contribution in [0.5, 0.6) is 0 Å². The maximum absolute atomic E-state index is 11.5. The molecule has 0 aliphatic heterocycles. The zero-order valence-electron chi connectivity index (χ0n) is 10.6. The average molecular weight is 322 g/mol. The summed E-state index contributed by atoms with van der Waals surface area (Å²) >= 11 is 5.11. The van der Waals surface area contributed by atoms with Gasteiger partial charge in [-0.3, -0.25) is 4.57 Å². The summed E-state index contributed by atoms with van der Waals surface area (Å²) < 4.78 is 1.71. The number of halogens is 1. The second kappa shape index (κ2) is 7.26. The van der Waals surface area contributed by atoms with Crippen LogP contribution >= 0.6 is 27.7 Å². The normalized spacial score (nSPS) is 13.2. The van der Waals surface area contributed by atoms with Crippen molar-refractivity contribution in [3.8, 4) is 0 Å².